The first-order valence-electron chi connectivity index (χ1n) is 15.2. The van der Waals surface area contributed by atoms with Gasteiger partial charge in [-0.1, -0.05) is 6.58 Å². The Kier molecular flexibility index (Phi) is 40.1. The van der Waals surface area contributed by atoms with Crippen LogP contribution in [0, 0.1) is 0 Å². The van der Waals surface area contributed by atoms with Gasteiger partial charge in [0.25, 0.3) is 0 Å². The minimum atomic E-state index is 0.502. The highest BCUT2D eigenvalue weighted by Gasteiger charge is 1.96. The summed E-state index contributed by atoms with van der Waals surface area (Å²) >= 11 is 0. The Morgan fingerprint density at radius 2 is 0.512 bits per heavy atom. The van der Waals surface area contributed by atoms with Crippen LogP contribution in [0.15, 0.2) is 12.8 Å². The molecule has 0 heterocycles. The third-order valence-electron chi connectivity index (χ3n) is 5.05. The Hall–Kier alpha value is -0.980. The molecule has 0 saturated carbocycles. The van der Waals surface area contributed by atoms with Crippen LogP contribution >= 0.6 is 0 Å². The van der Waals surface area contributed by atoms with Crippen molar-refractivity contribution in [3.63, 3.8) is 0 Å². The first kappa shape index (κ1) is 42.0. The van der Waals surface area contributed by atoms with Crippen LogP contribution in [0.5, 0.6) is 0 Å². The molecule has 0 atom stereocenters. The van der Waals surface area contributed by atoms with Crippen molar-refractivity contribution in [3.05, 3.63) is 12.8 Å². The molecular weight excluding hydrogens is 570 g/mol. The summed E-state index contributed by atoms with van der Waals surface area (Å²) in [5.74, 6) is 0. The fourth-order valence-electron chi connectivity index (χ4n) is 2.89. The lowest BCUT2D eigenvalue weighted by Gasteiger charge is -2.09. The van der Waals surface area contributed by atoms with Crippen molar-refractivity contribution in [1.29, 1.82) is 0 Å². The summed E-state index contributed by atoms with van der Waals surface area (Å²) in [4.78, 5) is 0. The monoisotopic (exact) mass is 629 g/mol. The Morgan fingerprint density at radius 3 is 0.698 bits per heavy atom. The van der Waals surface area contributed by atoms with Crippen molar-refractivity contribution >= 4 is 0 Å². The van der Waals surface area contributed by atoms with E-state index in [9.17, 15) is 0 Å². The number of likely N-dealkylation sites (N-methyl/N-ethyl adjacent to an activating group) is 1. The van der Waals surface area contributed by atoms with Crippen molar-refractivity contribution < 1.29 is 61.6 Å². The van der Waals surface area contributed by atoms with E-state index in [1.165, 1.54) is 6.26 Å². The first-order chi connectivity index (χ1) is 21.4. The molecular formula is C29H59NO13. The SMILES string of the molecule is C=COCCOCCOCCOCCOCCOCCOCCOCCOCCOCCOCCOCCOCCNC. The van der Waals surface area contributed by atoms with Crippen LogP contribution in [0.25, 0.3) is 0 Å². The highest BCUT2D eigenvalue weighted by molar-refractivity contribution is 4.47. The molecule has 0 spiro atoms. The molecule has 0 saturated heterocycles. The minimum absolute atomic E-state index is 0.502. The Bertz CT molecular complexity index is 509. The van der Waals surface area contributed by atoms with Crippen LogP contribution in [0.2, 0.25) is 0 Å². The fourth-order valence-corrected chi connectivity index (χ4v) is 2.89. The summed E-state index contributed by atoms with van der Waals surface area (Å²) in [6, 6.07) is 0. The third-order valence-corrected chi connectivity index (χ3v) is 5.05. The average molecular weight is 630 g/mol. The maximum absolute atomic E-state index is 5.47. The number of rotatable bonds is 40. The zero-order valence-electron chi connectivity index (χ0n) is 26.5. The molecule has 0 aromatic rings. The molecule has 0 aliphatic rings. The van der Waals surface area contributed by atoms with Crippen LogP contribution in [0.3, 0.4) is 0 Å². The predicted octanol–water partition coefficient (Wildman–Crippen LogP) is 0.565. The van der Waals surface area contributed by atoms with Crippen molar-refractivity contribution in [2.75, 3.05) is 179 Å². The molecule has 0 aromatic carbocycles. The Balaban J connectivity index is 3.03. The highest BCUT2D eigenvalue weighted by Crippen LogP contribution is 1.87. The summed E-state index contributed by atoms with van der Waals surface area (Å²) in [7, 11) is 1.89. The van der Waals surface area contributed by atoms with Crippen LogP contribution in [0.4, 0.5) is 0 Å². The summed E-state index contributed by atoms with van der Waals surface area (Å²) in [5, 5.41) is 3.02. The zero-order valence-corrected chi connectivity index (χ0v) is 26.5. The first-order valence-corrected chi connectivity index (χ1v) is 15.2. The van der Waals surface area contributed by atoms with Crippen molar-refractivity contribution in [2.24, 2.45) is 0 Å². The Morgan fingerprint density at radius 1 is 0.326 bits per heavy atom. The second-order valence-corrected chi connectivity index (χ2v) is 8.49. The van der Waals surface area contributed by atoms with E-state index in [1.807, 2.05) is 7.05 Å². The molecule has 0 aliphatic heterocycles. The molecule has 1 N–H and O–H groups in total. The summed E-state index contributed by atoms with van der Waals surface area (Å²) in [6.45, 7) is 17.6. The van der Waals surface area contributed by atoms with Gasteiger partial charge in [0.1, 0.15) is 6.61 Å². The number of hydrogen-bond donors (Lipinski definition) is 1. The largest absolute Gasteiger partial charge is 0.499 e. The summed E-state index contributed by atoms with van der Waals surface area (Å²) < 4.78 is 70.1. The molecule has 0 unspecified atom stereocenters. The lowest BCUT2D eigenvalue weighted by Crippen LogP contribution is -2.17. The van der Waals surface area contributed by atoms with Crippen molar-refractivity contribution in [1.82, 2.24) is 5.32 Å². The molecule has 0 amide bonds. The van der Waals surface area contributed by atoms with Crippen molar-refractivity contribution in [3.8, 4) is 0 Å². The minimum Gasteiger partial charge on any atom is -0.499 e. The van der Waals surface area contributed by atoms with Gasteiger partial charge in [-0.2, -0.15) is 0 Å². The normalized spacial score (nSPS) is 11.4. The molecule has 258 valence electrons. The standard InChI is InChI=1S/C29H59NO13/c1-3-31-6-7-33-10-11-35-14-15-37-18-19-39-22-23-41-26-27-43-29-28-42-25-24-40-21-20-38-17-16-36-13-12-34-9-8-32-5-4-30-2/h3,30H,1,4-29H2,2H3. The Labute approximate surface area is 258 Å². The molecule has 0 rings (SSSR count). The molecule has 14 heteroatoms. The van der Waals surface area contributed by atoms with Crippen molar-refractivity contribution in [2.45, 2.75) is 0 Å². The van der Waals surface area contributed by atoms with Gasteiger partial charge < -0.3 is 66.9 Å². The molecule has 0 aromatic heterocycles. The van der Waals surface area contributed by atoms with E-state index in [0.29, 0.717) is 165 Å². The lowest BCUT2D eigenvalue weighted by atomic mass is 10.6. The fraction of sp³-hybridized carbons (Fsp3) is 0.931. The second-order valence-electron chi connectivity index (χ2n) is 8.49. The zero-order chi connectivity index (χ0) is 31.0. The van der Waals surface area contributed by atoms with E-state index in [0.717, 1.165) is 6.54 Å². The molecule has 0 bridgehead atoms. The number of nitrogens with one attached hydrogen (secondary N) is 1. The van der Waals surface area contributed by atoms with Gasteiger partial charge in [0.05, 0.1) is 165 Å². The van der Waals surface area contributed by atoms with Gasteiger partial charge >= 0.3 is 0 Å². The van der Waals surface area contributed by atoms with Gasteiger partial charge in [-0.25, -0.2) is 0 Å². The van der Waals surface area contributed by atoms with E-state index in [4.69, 9.17) is 61.6 Å². The maximum Gasteiger partial charge on any atom is 0.111 e. The second kappa shape index (κ2) is 41.0. The molecule has 0 aliphatic carbocycles. The molecule has 0 radical (unpaired) electrons. The van der Waals surface area contributed by atoms with Crippen LogP contribution in [-0.2, 0) is 61.6 Å². The van der Waals surface area contributed by atoms with Crippen LogP contribution in [-0.4, -0.2) is 179 Å². The van der Waals surface area contributed by atoms with Gasteiger partial charge in [-0.3, -0.25) is 0 Å². The van der Waals surface area contributed by atoms with E-state index in [-0.39, 0.29) is 0 Å². The van der Waals surface area contributed by atoms with Crippen LogP contribution < -0.4 is 5.32 Å². The molecule has 0 fully saturated rings. The number of ether oxygens (including phenoxy) is 13. The van der Waals surface area contributed by atoms with Gasteiger partial charge in [0, 0.05) is 6.54 Å². The van der Waals surface area contributed by atoms with E-state index in [1.54, 1.807) is 0 Å². The molecule has 43 heavy (non-hydrogen) atoms. The molecule has 14 nitrogen and oxygen atoms in total. The van der Waals surface area contributed by atoms with Gasteiger partial charge in [-0.15, -0.1) is 0 Å². The van der Waals surface area contributed by atoms with Gasteiger partial charge in [0.15, 0.2) is 0 Å². The third kappa shape index (κ3) is 41.0. The number of hydrogen-bond acceptors (Lipinski definition) is 14. The van der Waals surface area contributed by atoms with Gasteiger partial charge in [-0.05, 0) is 7.05 Å². The van der Waals surface area contributed by atoms with E-state index in [2.05, 4.69) is 11.9 Å². The van der Waals surface area contributed by atoms with E-state index < -0.39 is 0 Å². The van der Waals surface area contributed by atoms with Crippen LogP contribution in [0.1, 0.15) is 0 Å². The summed E-state index contributed by atoms with van der Waals surface area (Å²) in [5.41, 5.74) is 0. The quantitative estimate of drug-likeness (QED) is 0.0748. The van der Waals surface area contributed by atoms with E-state index >= 15 is 0 Å². The van der Waals surface area contributed by atoms with Gasteiger partial charge in [0.2, 0.25) is 0 Å². The maximum atomic E-state index is 5.47. The average Bonchev–Trinajstić information content (AvgIpc) is 3.02. The topological polar surface area (TPSA) is 132 Å². The predicted molar refractivity (Wildman–Crippen MR) is 160 cm³/mol. The smallest absolute Gasteiger partial charge is 0.111 e. The lowest BCUT2D eigenvalue weighted by molar-refractivity contribution is -0.0286. The highest BCUT2D eigenvalue weighted by atomic mass is 16.6. The summed E-state index contributed by atoms with van der Waals surface area (Å²) in [6.07, 6.45) is 1.40.